The van der Waals surface area contributed by atoms with Crippen LogP contribution in [0.5, 0.6) is 5.75 Å². The standard InChI is InChI=1S/C15H23N5O/c1-4-8-16-9-13-14(7-6-12(3)19-13)21-10-15-17-11-18-20(15)5-2/h6-7,11,16H,4-5,8-10H2,1-3H3. The second-order valence-electron chi connectivity index (χ2n) is 4.85. The number of nitrogens with zero attached hydrogens (tertiary/aromatic N) is 4. The summed E-state index contributed by atoms with van der Waals surface area (Å²) >= 11 is 0. The predicted octanol–water partition coefficient (Wildman–Crippen LogP) is 2.08. The SMILES string of the molecule is CCCNCc1nc(C)ccc1OCc1ncnn1CC. The van der Waals surface area contributed by atoms with Gasteiger partial charge >= 0.3 is 0 Å². The molecule has 6 heteroatoms. The van der Waals surface area contributed by atoms with E-state index in [0.29, 0.717) is 13.2 Å². The third-order valence-corrected chi connectivity index (χ3v) is 3.14. The molecule has 2 heterocycles. The number of hydrogen-bond acceptors (Lipinski definition) is 5. The molecule has 2 aromatic rings. The summed E-state index contributed by atoms with van der Waals surface area (Å²) in [6.45, 7) is 9.04. The minimum absolute atomic E-state index is 0.402. The molecule has 0 saturated carbocycles. The first kappa shape index (κ1) is 15.4. The second kappa shape index (κ2) is 7.73. The topological polar surface area (TPSA) is 64.9 Å². The van der Waals surface area contributed by atoms with Gasteiger partial charge in [0.1, 0.15) is 18.7 Å². The zero-order valence-corrected chi connectivity index (χ0v) is 13.0. The van der Waals surface area contributed by atoms with Gasteiger partial charge in [0.05, 0.1) is 5.69 Å². The van der Waals surface area contributed by atoms with Gasteiger partial charge in [-0.3, -0.25) is 4.98 Å². The van der Waals surface area contributed by atoms with Crippen LogP contribution in [0.1, 0.15) is 37.5 Å². The van der Waals surface area contributed by atoms with Gasteiger partial charge in [0, 0.05) is 18.8 Å². The van der Waals surface area contributed by atoms with Crippen molar-refractivity contribution in [1.29, 1.82) is 0 Å². The van der Waals surface area contributed by atoms with Gasteiger partial charge in [0.2, 0.25) is 0 Å². The van der Waals surface area contributed by atoms with Crippen molar-refractivity contribution < 1.29 is 4.74 Å². The van der Waals surface area contributed by atoms with E-state index in [0.717, 1.165) is 42.5 Å². The Balaban J connectivity index is 2.04. The van der Waals surface area contributed by atoms with Crippen molar-refractivity contribution >= 4 is 0 Å². The molecule has 0 radical (unpaired) electrons. The molecule has 0 unspecified atom stereocenters. The first-order chi connectivity index (χ1) is 10.2. The monoisotopic (exact) mass is 289 g/mol. The zero-order chi connectivity index (χ0) is 15.1. The van der Waals surface area contributed by atoms with Gasteiger partial charge in [-0.1, -0.05) is 6.92 Å². The van der Waals surface area contributed by atoms with Crippen LogP contribution in [0.2, 0.25) is 0 Å². The van der Waals surface area contributed by atoms with Gasteiger partial charge in [0.15, 0.2) is 5.82 Å². The fourth-order valence-corrected chi connectivity index (χ4v) is 2.05. The average Bonchev–Trinajstić information content (AvgIpc) is 2.94. The Morgan fingerprint density at radius 2 is 2.14 bits per heavy atom. The molecule has 114 valence electrons. The van der Waals surface area contributed by atoms with Crippen LogP contribution in [0.25, 0.3) is 0 Å². The number of rotatable bonds is 8. The smallest absolute Gasteiger partial charge is 0.164 e. The Kier molecular flexibility index (Phi) is 5.68. The highest BCUT2D eigenvalue weighted by Crippen LogP contribution is 2.18. The molecule has 0 fully saturated rings. The number of ether oxygens (including phenoxy) is 1. The number of hydrogen-bond donors (Lipinski definition) is 1. The highest BCUT2D eigenvalue weighted by molar-refractivity contribution is 5.29. The Bertz CT molecular complexity index is 567. The van der Waals surface area contributed by atoms with Gasteiger partial charge in [-0.15, -0.1) is 0 Å². The first-order valence-corrected chi connectivity index (χ1v) is 7.41. The molecule has 0 aliphatic heterocycles. The lowest BCUT2D eigenvalue weighted by atomic mass is 10.2. The largest absolute Gasteiger partial charge is 0.484 e. The molecule has 21 heavy (non-hydrogen) atoms. The lowest BCUT2D eigenvalue weighted by Crippen LogP contribution is -2.16. The maximum absolute atomic E-state index is 5.88. The molecule has 0 amide bonds. The maximum atomic E-state index is 5.88. The molecule has 2 aromatic heterocycles. The Morgan fingerprint density at radius 3 is 2.90 bits per heavy atom. The molecule has 6 nitrogen and oxygen atoms in total. The van der Waals surface area contributed by atoms with Crippen molar-refractivity contribution in [1.82, 2.24) is 25.1 Å². The third-order valence-electron chi connectivity index (χ3n) is 3.14. The summed E-state index contributed by atoms with van der Waals surface area (Å²) in [5.74, 6) is 1.63. The van der Waals surface area contributed by atoms with Crippen LogP contribution in [0, 0.1) is 6.92 Å². The molecule has 0 aliphatic rings. The predicted molar refractivity (Wildman–Crippen MR) is 81.0 cm³/mol. The Morgan fingerprint density at radius 1 is 1.29 bits per heavy atom. The van der Waals surface area contributed by atoms with Gasteiger partial charge in [0.25, 0.3) is 0 Å². The summed E-state index contributed by atoms with van der Waals surface area (Å²) in [6.07, 6.45) is 2.65. The van der Waals surface area contributed by atoms with Gasteiger partial charge < -0.3 is 10.1 Å². The van der Waals surface area contributed by atoms with E-state index in [1.165, 1.54) is 0 Å². The van der Waals surface area contributed by atoms with Crippen LogP contribution >= 0.6 is 0 Å². The van der Waals surface area contributed by atoms with E-state index in [2.05, 4.69) is 27.3 Å². The summed E-state index contributed by atoms with van der Waals surface area (Å²) in [6, 6.07) is 3.93. The quantitative estimate of drug-likeness (QED) is 0.754. The number of aryl methyl sites for hydroxylation is 2. The van der Waals surface area contributed by atoms with E-state index >= 15 is 0 Å². The molecule has 0 bridgehead atoms. The van der Waals surface area contributed by atoms with Gasteiger partial charge in [-0.2, -0.15) is 5.10 Å². The van der Waals surface area contributed by atoms with Crippen molar-refractivity contribution in [3.63, 3.8) is 0 Å². The molecule has 1 N–H and O–H groups in total. The van der Waals surface area contributed by atoms with E-state index < -0.39 is 0 Å². The van der Waals surface area contributed by atoms with Gasteiger partial charge in [-0.05, 0) is 38.9 Å². The molecule has 0 aromatic carbocycles. The molecule has 0 saturated heterocycles. The van der Waals surface area contributed by atoms with Crippen LogP contribution < -0.4 is 10.1 Å². The van der Waals surface area contributed by atoms with Crippen LogP contribution in [0.15, 0.2) is 18.5 Å². The number of nitrogens with one attached hydrogen (secondary N) is 1. The Labute approximate surface area is 125 Å². The van der Waals surface area contributed by atoms with Crippen molar-refractivity contribution in [3.05, 3.63) is 35.7 Å². The van der Waals surface area contributed by atoms with Crippen molar-refractivity contribution in [2.45, 2.75) is 46.9 Å². The molecule has 0 aliphatic carbocycles. The van der Waals surface area contributed by atoms with E-state index in [4.69, 9.17) is 4.74 Å². The van der Waals surface area contributed by atoms with Gasteiger partial charge in [-0.25, -0.2) is 9.67 Å². The minimum Gasteiger partial charge on any atom is -0.484 e. The molecule has 0 spiro atoms. The summed E-state index contributed by atoms with van der Waals surface area (Å²) in [5.41, 5.74) is 1.93. The van der Waals surface area contributed by atoms with Crippen molar-refractivity contribution in [2.24, 2.45) is 0 Å². The zero-order valence-electron chi connectivity index (χ0n) is 13.0. The summed E-state index contributed by atoms with van der Waals surface area (Å²) in [5, 5.41) is 7.50. The fourth-order valence-electron chi connectivity index (χ4n) is 2.05. The van der Waals surface area contributed by atoms with Crippen LogP contribution in [-0.4, -0.2) is 26.3 Å². The van der Waals surface area contributed by atoms with Crippen molar-refractivity contribution in [2.75, 3.05) is 6.54 Å². The lowest BCUT2D eigenvalue weighted by molar-refractivity contribution is 0.282. The van der Waals surface area contributed by atoms with Crippen molar-refractivity contribution in [3.8, 4) is 5.75 Å². The molecule has 0 atom stereocenters. The maximum Gasteiger partial charge on any atom is 0.164 e. The van der Waals surface area contributed by atoms with E-state index in [1.807, 2.05) is 30.7 Å². The van der Waals surface area contributed by atoms with Crippen LogP contribution in [-0.2, 0) is 19.7 Å². The lowest BCUT2D eigenvalue weighted by Gasteiger charge is -2.12. The molecular weight excluding hydrogens is 266 g/mol. The summed E-state index contributed by atoms with van der Waals surface area (Å²) in [7, 11) is 0. The Hall–Kier alpha value is -1.95. The number of pyridine rings is 1. The summed E-state index contributed by atoms with van der Waals surface area (Å²) in [4.78, 5) is 8.77. The second-order valence-corrected chi connectivity index (χ2v) is 4.85. The number of aromatic nitrogens is 4. The van der Waals surface area contributed by atoms with E-state index in [9.17, 15) is 0 Å². The fraction of sp³-hybridized carbons (Fsp3) is 0.533. The minimum atomic E-state index is 0.402. The normalized spacial score (nSPS) is 10.8. The molecule has 2 rings (SSSR count). The molecular formula is C15H23N5O. The van der Waals surface area contributed by atoms with Crippen LogP contribution in [0.4, 0.5) is 0 Å². The highest BCUT2D eigenvalue weighted by Gasteiger charge is 2.08. The first-order valence-electron chi connectivity index (χ1n) is 7.41. The average molecular weight is 289 g/mol. The van der Waals surface area contributed by atoms with E-state index in [-0.39, 0.29) is 0 Å². The summed E-state index contributed by atoms with van der Waals surface area (Å²) < 4.78 is 7.71. The highest BCUT2D eigenvalue weighted by atomic mass is 16.5. The van der Waals surface area contributed by atoms with Crippen LogP contribution in [0.3, 0.4) is 0 Å². The van der Waals surface area contributed by atoms with E-state index in [1.54, 1.807) is 6.33 Å². The third kappa shape index (κ3) is 4.26.